The molecular formula is C32H42Cl2Hf. The summed E-state index contributed by atoms with van der Waals surface area (Å²) in [4.78, 5) is 0. The van der Waals surface area contributed by atoms with E-state index in [9.17, 15) is 0 Å². The second-order valence-corrected chi connectivity index (χ2v) is 28.9. The summed E-state index contributed by atoms with van der Waals surface area (Å²) >= 11 is -2.76. The molecule has 188 valence electrons. The summed E-state index contributed by atoms with van der Waals surface area (Å²) < 4.78 is 4.74. The van der Waals surface area contributed by atoms with Gasteiger partial charge >= 0.3 is 208 Å². The SMILES string of the molecule is Cc1ccc(C)c2c1C=C(CC(C)C)[CH]2[Hf+2]1([CH]2C(CC(C)C)=Cc3c(C)ccc(C)c32)[CH2][CH2]1.[Cl-].[Cl-]. The van der Waals surface area contributed by atoms with Crippen LogP contribution in [0, 0.1) is 39.5 Å². The molecule has 2 aromatic carbocycles. The van der Waals surface area contributed by atoms with E-state index in [0.29, 0.717) is 0 Å². The first-order chi connectivity index (χ1) is 15.6. The molecule has 0 bridgehead atoms. The van der Waals surface area contributed by atoms with E-state index in [1.165, 1.54) is 24.0 Å². The molecule has 2 atom stereocenters. The third-order valence-electron chi connectivity index (χ3n) is 8.69. The number of allylic oxidation sites excluding steroid dienone is 2. The predicted molar refractivity (Wildman–Crippen MR) is 142 cm³/mol. The van der Waals surface area contributed by atoms with Gasteiger partial charge in [-0.05, 0) is 0 Å². The molecular weight excluding hydrogens is 634 g/mol. The summed E-state index contributed by atoms with van der Waals surface area (Å²) in [5, 5.41) is 0. The monoisotopic (exact) mass is 676 g/mol. The Kier molecular flexibility index (Phi) is 8.78. The summed E-state index contributed by atoms with van der Waals surface area (Å²) in [5.41, 5.74) is 16.4. The molecule has 1 fully saturated rings. The van der Waals surface area contributed by atoms with Gasteiger partial charge in [0.2, 0.25) is 0 Å². The topological polar surface area (TPSA) is 0 Å². The van der Waals surface area contributed by atoms with Gasteiger partial charge in [0.25, 0.3) is 0 Å². The average molecular weight is 676 g/mol. The van der Waals surface area contributed by atoms with Crippen molar-refractivity contribution in [2.45, 2.75) is 83.9 Å². The Morgan fingerprint density at radius 1 is 0.629 bits per heavy atom. The van der Waals surface area contributed by atoms with Crippen LogP contribution >= 0.6 is 0 Å². The van der Waals surface area contributed by atoms with Gasteiger partial charge in [-0.1, -0.05) is 0 Å². The molecule has 0 spiro atoms. The van der Waals surface area contributed by atoms with Crippen LogP contribution in [0.15, 0.2) is 35.4 Å². The Labute approximate surface area is 231 Å². The summed E-state index contributed by atoms with van der Waals surface area (Å²) in [5.74, 6) is 1.45. The van der Waals surface area contributed by atoms with Gasteiger partial charge in [0.1, 0.15) is 0 Å². The van der Waals surface area contributed by atoms with Crippen molar-refractivity contribution in [1.82, 2.24) is 0 Å². The molecule has 0 aromatic heterocycles. The molecule has 0 nitrogen and oxygen atoms in total. The van der Waals surface area contributed by atoms with E-state index in [-0.39, 0.29) is 24.8 Å². The van der Waals surface area contributed by atoms with Crippen molar-refractivity contribution < 1.29 is 44.8 Å². The number of fused-ring (bicyclic) bond motifs is 2. The van der Waals surface area contributed by atoms with Crippen molar-refractivity contribution in [1.29, 1.82) is 0 Å². The van der Waals surface area contributed by atoms with E-state index in [4.69, 9.17) is 0 Å². The van der Waals surface area contributed by atoms with E-state index in [1.807, 2.05) is 0 Å². The second kappa shape index (κ2) is 10.6. The Bertz CT molecular complexity index is 1090. The Balaban J connectivity index is 0.00000171. The average Bonchev–Trinajstić information content (AvgIpc) is 3.27. The zero-order chi connectivity index (χ0) is 23.7. The van der Waals surface area contributed by atoms with Crippen LogP contribution < -0.4 is 24.8 Å². The first kappa shape index (κ1) is 28.9. The minimum atomic E-state index is -2.76. The predicted octanol–water partition coefficient (Wildman–Crippen LogP) is 3.60. The molecule has 5 rings (SSSR count). The number of rotatable bonds is 6. The van der Waals surface area contributed by atoms with Crippen LogP contribution in [0.4, 0.5) is 0 Å². The molecule has 0 N–H and O–H groups in total. The first-order valence-corrected chi connectivity index (χ1v) is 22.5. The first-order valence-electron chi connectivity index (χ1n) is 13.2. The largest absolute Gasteiger partial charge is 1.00 e. The van der Waals surface area contributed by atoms with Crippen molar-refractivity contribution >= 4 is 12.2 Å². The Hall–Kier alpha value is -0.630. The van der Waals surface area contributed by atoms with Crippen molar-refractivity contribution in [3.63, 3.8) is 0 Å². The molecule has 0 amide bonds. The maximum absolute atomic E-state index is 2.76. The van der Waals surface area contributed by atoms with Crippen molar-refractivity contribution in [2.75, 3.05) is 0 Å². The molecule has 1 heterocycles. The number of aryl methyl sites for hydroxylation is 4. The molecule has 2 aromatic rings. The zero-order valence-electron chi connectivity index (χ0n) is 22.9. The zero-order valence-corrected chi connectivity index (χ0v) is 28.0. The van der Waals surface area contributed by atoms with Crippen molar-refractivity contribution in [3.8, 4) is 0 Å². The molecule has 3 aliphatic rings. The van der Waals surface area contributed by atoms with Gasteiger partial charge in [-0.25, -0.2) is 0 Å². The maximum Gasteiger partial charge on any atom is -1.00 e. The third-order valence-corrected chi connectivity index (χ3v) is 27.6. The maximum atomic E-state index is 2.66. The standard InChI is InChI=1S/2C15H19.C2H4.2ClH.Hf/c2*1-10(2)7-13-8-14-11(3)5-6-12(4)15(14)9-13;1-2;;;/h2*5-6,8-10H,7H2,1-4H3;1-2H2;2*1H;/q;;;;;+2/p-2. The molecule has 1 aliphatic heterocycles. The van der Waals surface area contributed by atoms with E-state index in [0.717, 1.165) is 19.2 Å². The fraction of sp³-hybridized carbons (Fsp3) is 0.500. The van der Waals surface area contributed by atoms with Gasteiger partial charge in [0, 0.05) is 0 Å². The van der Waals surface area contributed by atoms with Crippen LogP contribution in [-0.2, 0) is 20.0 Å². The van der Waals surface area contributed by atoms with Crippen LogP contribution in [0.2, 0.25) is 8.35 Å². The summed E-state index contributed by atoms with van der Waals surface area (Å²) in [6, 6.07) is 9.55. The van der Waals surface area contributed by atoms with Crippen LogP contribution in [0.3, 0.4) is 0 Å². The van der Waals surface area contributed by atoms with Gasteiger partial charge in [0.05, 0.1) is 0 Å². The molecule has 2 unspecified atom stereocenters. The minimum Gasteiger partial charge on any atom is -1.00 e. The van der Waals surface area contributed by atoms with Crippen LogP contribution in [-0.4, -0.2) is 0 Å². The summed E-state index contributed by atoms with van der Waals surface area (Å²) in [6.45, 7) is 19.1. The molecule has 0 radical (unpaired) electrons. The van der Waals surface area contributed by atoms with E-state index < -0.39 is 20.0 Å². The number of halogens is 2. The fourth-order valence-corrected chi connectivity index (χ4v) is 35.8. The fourth-order valence-electron chi connectivity index (χ4n) is 7.26. The van der Waals surface area contributed by atoms with Gasteiger partial charge < -0.3 is 24.8 Å². The van der Waals surface area contributed by atoms with Crippen molar-refractivity contribution in [3.05, 3.63) is 79.9 Å². The molecule has 0 saturated carbocycles. The third kappa shape index (κ3) is 4.84. The molecule has 2 aliphatic carbocycles. The molecule has 35 heavy (non-hydrogen) atoms. The Morgan fingerprint density at radius 3 is 1.29 bits per heavy atom. The second-order valence-electron chi connectivity index (χ2n) is 12.3. The van der Waals surface area contributed by atoms with Crippen molar-refractivity contribution in [2.24, 2.45) is 11.8 Å². The summed E-state index contributed by atoms with van der Waals surface area (Å²) in [7, 11) is 0. The van der Waals surface area contributed by atoms with E-state index in [1.54, 1.807) is 52.9 Å². The van der Waals surface area contributed by atoms with Crippen LogP contribution in [0.25, 0.3) is 12.2 Å². The van der Waals surface area contributed by atoms with Gasteiger partial charge in [0.15, 0.2) is 0 Å². The molecule has 1 saturated heterocycles. The summed E-state index contributed by atoms with van der Waals surface area (Å²) in [6.07, 6.45) is 7.87. The molecule has 3 heteroatoms. The normalized spacial score (nSPS) is 20.3. The number of benzene rings is 2. The van der Waals surface area contributed by atoms with Gasteiger partial charge in [-0.15, -0.1) is 0 Å². The van der Waals surface area contributed by atoms with E-state index >= 15 is 0 Å². The van der Waals surface area contributed by atoms with E-state index in [2.05, 4.69) is 91.8 Å². The minimum absolute atomic E-state index is 0. The number of hydrogen-bond donors (Lipinski definition) is 0. The Morgan fingerprint density at radius 2 is 0.971 bits per heavy atom. The quantitative estimate of drug-likeness (QED) is 0.411. The number of hydrogen-bond acceptors (Lipinski definition) is 0. The smallest absolute Gasteiger partial charge is 1.00 e. The van der Waals surface area contributed by atoms with Gasteiger partial charge in [-0.2, -0.15) is 0 Å². The van der Waals surface area contributed by atoms with Crippen LogP contribution in [0.1, 0.15) is 92.4 Å². The van der Waals surface area contributed by atoms with Crippen LogP contribution in [0.5, 0.6) is 0 Å². The van der Waals surface area contributed by atoms with Gasteiger partial charge in [-0.3, -0.25) is 0 Å².